The number of carbonyl (C=O) groups excluding carboxylic acids is 1. The van der Waals surface area contributed by atoms with Crippen LogP contribution in [0.4, 0.5) is 22.0 Å². The lowest BCUT2D eigenvalue weighted by Gasteiger charge is -2.36. The third-order valence-corrected chi connectivity index (χ3v) is 7.01. The zero-order valence-electron chi connectivity index (χ0n) is 23.7. The number of rotatable bonds is 12. The normalized spacial score (nSPS) is 14.8. The van der Waals surface area contributed by atoms with Crippen molar-refractivity contribution in [3.8, 4) is 17.3 Å². The van der Waals surface area contributed by atoms with Crippen LogP contribution in [-0.2, 0) is 4.79 Å². The minimum absolute atomic E-state index is 0.0465. The summed E-state index contributed by atoms with van der Waals surface area (Å²) in [7, 11) is 0. The van der Waals surface area contributed by atoms with E-state index in [4.69, 9.17) is 20.6 Å². The average Bonchev–Trinajstić information content (AvgIpc) is 3.66. The molecule has 1 aromatic carbocycles. The van der Waals surface area contributed by atoms with Crippen LogP contribution in [0.15, 0.2) is 41.0 Å². The number of ether oxygens (including phenoxy) is 1. The number of halogens is 1. The molecule has 1 saturated heterocycles. The lowest BCUT2D eigenvalue weighted by atomic mass is 10.1. The van der Waals surface area contributed by atoms with Crippen molar-refractivity contribution >= 4 is 29.3 Å². The van der Waals surface area contributed by atoms with Gasteiger partial charge in [0.15, 0.2) is 5.76 Å². The van der Waals surface area contributed by atoms with Gasteiger partial charge in [0.05, 0.1) is 24.5 Å². The van der Waals surface area contributed by atoms with Crippen LogP contribution in [-0.4, -0.2) is 93.8 Å². The van der Waals surface area contributed by atoms with Crippen LogP contribution in [0.2, 0.25) is 0 Å². The third-order valence-electron chi connectivity index (χ3n) is 7.01. The van der Waals surface area contributed by atoms with Crippen LogP contribution >= 0.6 is 0 Å². The molecule has 15 heteroatoms. The van der Waals surface area contributed by atoms with Gasteiger partial charge >= 0.3 is 0 Å². The number of furan rings is 1. The standard InChI is InChI=1S/C27H36FN11O3/c1-17(2)22(29)24(40)31-8-15-41-18-5-6-20(19(28)16-18)38-12-10-37(11-13-38)9-7-32-26-34-25(30)39-27(35-26)33-23(36-39)21-4-3-14-42-21/h3-6,14,16-17,22H,7-13,15,29H2,1-2H3,(H,31,40)(H3,30,32,33,34,35,36)/t22-/m0/s1. The van der Waals surface area contributed by atoms with Gasteiger partial charge in [-0.25, -0.2) is 4.39 Å². The number of amides is 1. The molecule has 1 atom stereocenters. The second-order valence-corrected chi connectivity index (χ2v) is 10.3. The number of aromatic nitrogens is 5. The summed E-state index contributed by atoms with van der Waals surface area (Å²) in [6, 6.07) is 7.80. The number of carbonyl (C=O) groups is 1. The van der Waals surface area contributed by atoms with E-state index in [-0.39, 0.29) is 30.2 Å². The van der Waals surface area contributed by atoms with Crippen molar-refractivity contribution < 1.29 is 18.3 Å². The van der Waals surface area contributed by atoms with Gasteiger partial charge in [0.25, 0.3) is 5.78 Å². The zero-order valence-corrected chi connectivity index (χ0v) is 23.7. The Bertz CT molecular complexity index is 1490. The number of nitrogens with one attached hydrogen (secondary N) is 2. The molecule has 224 valence electrons. The van der Waals surface area contributed by atoms with E-state index < -0.39 is 6.04 Å². The Morgan fingerprint density at radius 3 is 2.67 bits per heavy atom. The second-order valence-electron chi connectivity index (χ2n) is 10.3. The zero-order chi connectivity index (χ0) is 29.6. The van der Waals surface area contributed by atoms with E-state index in [1.165, 1.54) is 10.6 Å². The topological polar surface area (TPSA) is 178 Å². The molecule has 1 aliphatic heterocycles. The van der Waals surface area contributed by atoms with E-state index in [0.717, 1.165) is 19.6 Å². The molecule has 0 bridgehead atoms. The number of hydrogen-bond donors (Lipinski definition) is 4. The average molecular weight is 582 g/mol. The molecule has 0 aliphatic carbocycles. The maximum atomic E-state index is 14.9. The van der Waals surface area contributed by atoms with E-state index in [9.17, 15) is 9.18 Å². The van der Waals surface area contributed by atoms with Gasteiger partial charge in [-0.15, -0.1) is 5.10 Å². The molecular weight excluding hydrogens is 545 g/mol. The summed E-state index contributed by atoms with van der Waals surface area (Å²) in [4.78, 5) is 29.3. The molecule has 0 spiro atoms. The summed E-state index contributed by atoms with van der Waals surface area (Å²) in [5.41, 5.74) is 12.4. The first-order valence-electron chi connectivity index (χ1n) is 13.9. The molecular formula is C27H36FN11O3. The molecule has 0 saturated carbocycles. The summed E-state index contributed by atoms with van der Waals surface area (Å²) in [6.45, 7) is 8.55. The molecule has 0 unspecified atom stereocenters. The summed E-state index contributed by atoms with van der Waals surface area (Å²) >= 11 is 0. The number of anilines is 3. The fourth-order valence-corrected chi connectivity index (χ4v) is 4.53. The van der Waals surface area contributed by atoms with Crippen LogP contribution in [0.1, 0.15) is 13.8 Å². The van der Waals surface area contributed by atoms with E-state index in [1.807, 2.05) is 18.7 Å². The lowest BCUT2D eigenvalue weighted by molar-refractivity contribution is -0.123. The quantitative estimate of drug-likeness (QED) is 0.176. The fraction of sp³-hybridized carbons (Fsp3) is 0.444. The Morgan fingerprint density at radius 2 is 1.95 bits per heavy atom. The Balaban J connectivity index is 1.05. The van der Waals surface area contributed by atoms with Gasteiger partial charge in [0, 0.05) is 45.3 Å². The number of nitrogen functional groups attached to an aromatic ring is 1. The molecule has 3 aromatic heterocycles. The Labute approximate surface area is 242 Å². The highest BCUT2D eigenvalue weighted by atomic mass is 19.1. The maximum Gasteiger partial charge on any atom is 0.259 e. The number of nitrogens with zero attached hydrogens (tertiary/aromatic N) is 7. The highest BCUT2D eigenvalue weighted by Crippen LogP contribution is 2.25. The Hall–Kier alpha value is -4.50. The van der Waals surface area contributed by atoms with Crippen molar-refractivity contribution in [1.29, 1.82) is 0 Å². The minimum Gasteiger partial charge on any atom is -0.492 e. The van der Waals surface area contributed by atoms with Crippen molar-refractivity contribution in [3.63, 3.8) is 0 Å². The van der Waals surface area contributed by atoms with Gasteiger partial charge in [-0.3, -0.25) is 9.69 Å². The number of hydrogen-bond acceptors (Lipinski definition) is 12. The molecule has 4 heterocycles. The van der Waals surface area contributed by atoms with E-state index >= 15 is 0 Å². The molecule has 6 N–H and O–H groups in total. The van der Waals surface area contributed by atoms with Crippen LogP contribution in [0.3, 0.4) is 0 Å². The minimum atomic E-state index is -0.565. The van der Waals surface area contributed by atoms with Gasteiger partial charge in [0.2, 0.25) is 23.6 Å². The van der Waals surface area contributed by atoms with Crippen LogP contribution in [0, 0.1) is 11.7 Å². The summed E-state index contributed by atoms with van der Waals surface area (Å²) in [5, 5.41) is 10.2. The predicted octanol–water partition coefficient (Wildman–Crippen LogP) is 1.21. The first kappa shape index (κ1) is 29.0. The molecule has 4 aromatic rings. The van der Waals surface area contributed by atoms with Gasteiger partial charge in [0.1, 0.15) is 18.2 Å². The Morgan fingerprint density at radius 1 is 1.14 bits per heavy atom. The SMILES string of the molecule is CC(C)[C@H](N)C(=O)NCCOc1ccc(N2CCN(CCNc3nc(N)n4nc(-c5ccco5)nc4n3)CC2)c(F)c1. The third kappa shape index (κ3) is 6.86. The number of piperazine rings is 1. The molecule has 1 amide bonds. The number of benzene rings is 1. The van der Waals surface area contributed by atoms with Gasteiger partial charge < -0.3 is 36.2 Å². The fourth-order valence-electron chi connectivity index (χ4n) is 4.53. The largest absolute Gasteiger partial charge is 0.492 e. The van der Waals surface area contributed by atoms with Crippen LogP contribution < -0.4 is 31.7 Å². The molecule has 42 heavy (non-hydrogen) atoms. The van der Waals surface area contributed by atoms with Crippen LogP contribution in [0.5, 0.6) is 5.75 Å². The molecule has 1 aliphatic rings. The predicted molar refractivity (Wildman–Crippen MR) is 156 cm³/mol. The summed E-state index contributed by atoms with van der Waals surface area (Å²) in [6.07, 6.45) is 1.54. The van der Waals surface area contributed by atoms with Gasteiger partial charge in [-0.05, 0) is 30.2 Å². The first-order chi connectivity index (χ1) is 20.3. The van der Waals surface area contributed by atoms with E-state index in [1.54, 1.807) is 30.5 Å². The monoisotopic (exact) mass is 581 g/mol. The molecule has 5 rings (SSSR count). The van der Waals surface area contributed by atoms with Crippen molar-refractivity contribution in [2.45, 2.75) is 19.9 Å². The van der Waals surface area contributed by atoms with Crippen molar-refractivity contribution in [1.82, 2.24) is 34.8 Å². The van der Waals surface area contributed by atoms with Crippen LogP contribution in [0.25, 0.3) is 17.4 Å². The van der Waals surface area contributed by atoms with Gasteiger partial charge in [-0.1, -0.05) is 13.8 Å². The number of nitrogens with two attached hydrogens (primary N) is 2. The summed E-state index contributed by atoms with van der Waals surface area (Å²) < 4.78 is 27.2. The lowest BCUT2D eigenvalue weighted by Crippen LogP contribution is -2.48. The van der Waals surface area contributed by atoms with E-state index in [0.29, 0.717) is 60.9 Å². The highest BCUT2D eigenvalue weighted by molar-refractivity contribution is 5.81. The molecule has 14 nitrogen and oxygen atoms in total. The Kier molecular flexibility index (Phi) is 8.97. The smallest absolute Gasteiger partial charge is 0.259 e. The van der Waals surface area contributed by atoms with Crippen molar-refractivity contribution in [2.24, 2.45) is 11.7 Å². The van der Waals surface area contributed by atoms with Gasteiger partial charge in [-0.2, -0.15) is 19.5 Å². The summed E-state index contributed by atoms with van der Waals surface area (Å²) in [5.74, 6) is 1.63. The maximum absolute atomic E-state index is 14.9. The molecule has 1 fully saturated rings. The molecule has 0 radical (unpaired) electrons. The van der Waals surface area contributed by atoms with Crippen molar-refractivity contribution in [2.75, 3.05) is 68.4 Å². The second kappa shape index (κ2) is 13.0. The van der Waals surface area contributed by atoms with Crippen molar-refractivity contribution in [3.05, 3.63) is 42.4 Å². The van der Waals surface area contributed by atoms with E-state index in [2.05, 4.69) is 35.6 Å². The highest BCUT2D eigenvalue weighted by Gasteiger charge is 2.21. The number of fused-ring (bicyclic) bond motifs is 1. The first-order valence-corrected chi connectivity index (χ1v) is 13.9.